The molecular formula is C23H36N4O8. The number of ketones is 1. The predicted octanol–water partition coefficient (Wildman–Crippen LogP) is -0.323. The Hall–Kier alpha value is -2.83. The van der Waals surface area contributed by atoms with Crippen LogP contribution in [0.5, 0.6) is 0 Å². The van der Waals surface area contributed by atoms with Crippen LogP contribution in [0.1, 0.15) is 38.6 Å². The molecule has 0 aliphatic carbocycles. The quantitative estimate of drug-likeness (QED) is 0.276. The number of nitrogens with zero attached hydrogens (tertiary/aromatic N) is 1. The largest absolute Gasteiger partial charge is 0.382 e. The van der Waals surface area contributed by atoms with Crippen LogP contribution in [0.3, 0.4) is 0 Å². The standard InChI is InChI=1S/C23H36N4O8/c1-13(2)7-16(20(29)23(4)12-34-23)25-22(31)18(11-33-6)26-21(30)17(10-32-5)24-19(28)9-15-8-14(3)27-35-15/h8,13,16-18H,7,9-12H2,1-6H3,(H,24,28)(H,25,31)(H,26,30)/t16-,17-,18-,23+/m0/s1. The molecule has 1 fully saturated rings. The van der Waals surface area contributed by atoms with E-state index >= 15 is 0 Å². The summed E-state index contributed by atoms with van der Waals surface area (Å²) in [7, 11) is 2.77. The molecular weight excluding hydrogens is 460 g/mol. The van der Waals surface area contributed by atoms with Crippen LogP contribution < -0.4 is 16.0 Å². The molecule has 0 aromatic carbocycles. The molecule has 196 valence electrons. The Morgan fingerprint density at radius 3 is 2.03 bits per heavy atom. The van der Waals surface area contributed by atoms with Crippen LogP contribution in [0.15, 0.2) is 10.6 Å². The van der Waals surface area contributed by atoms with Crippen LogP contribution in [0, 0.1) is 12.8 Å². The average molecular weight is 497 g/mol. The van der Waals surface area contributed by atoms with Crippen LogP contribution in [0.2, 0.25) is 0 Å². The van der Waals surface area contributed by atoms with Gasteiger partial charge < -0.3 is 34.7 Å². The lowest BCUT2D eigenvalue weighted by Crippen LogP contribution is -2.58. The van der Waals surface area contributed by atoms with Crippen molar-refractivity contribution in [2.45, 2.75) is 64.3 Å². The van der Waals surface area contributed by atoms with Gasteiger partial charge in [0.05, 0.1) is 38.0 Å². The molecule has 1 aromatic rings. The summed E-state index contributed by atoms with van der Waals surface area (Å²) in [6.45, 7) is 7.33. The number of carbonyl (C=O) groups excluding carboxylic acids is 4. The lowest BCUT2D eigenvalue weighted by atomic mass is 9.93. The number of carbonyl (C=O) groups is 4. The normalized spacial score (nSPS) is 19.5. The molecule has 1 saturated heterocycles. The highest BCUT2D eigenvalue weighted by atomic mass is 16.6. The number of aromatic nitrogens is 1. The molecule has 1 aromatic heterocycles. The number of nitrogens with one attached hydrogen (secondary N) is 3. The summed E-state index contributed by atoms with van der Waals surface area (Å²) in [5.74, 6) is -1.43. The summed E-state index contributed by atoms with van der Waals surface area (Å²) in [4.78, 5) is 51.2. The van der Waals surface area contributed by atoms with Crippen molar-refractivity contribution in [3.8, 4) is 0 Å². The first-order valence-electron chi connectivity index (χ1n) is 11.5. The monoisotopic (exact) mass is 496 g/mol. The van der Waals surface area contributed by atoms with E-state index in [0.717, 1.165) is 0 Å². The van der Waals surface area contributed by atoms with Gasteiger partial charge in [-0.2, -0.15) is 0 Å². The number of amides is 3. The molecule has 0 spiro atoms. The molecule has 12 nitrogen and oxygen atoms in total. The molecule has 0 radical (unpaired) electrons. The Morgan fingerprint density at radius 1 is 1.03 bits per heavy atom. The predicted molar refractivity (Wildman–Crippen MR) is 123 cm³/mol. The molecule has 3 N–H and O–H groups in total. The highest BCUT2D eigenvalue weighted by Crippen LogP contribution is 2.29. The van der Waals surface area contributed by atoms with E-state index in [4.69, 9.17) is 18.7 Å². The molecule has 0 unspecified atom stereocenters. The van der Waals surface area contributed by atoms with E-state index in [1.54, 1.807) is 19.9 Å². The van der Waals surface area contributed by atoms with Gasteiger partial charge in [-0.15, -0.1) is 0 Å². The topological polar surface area (TPSA) is 161 Å². The van der Waals surface area contributed by atoms with Crippen molar-refractivity contribution >= 4 is 23.5 Å². The molecule has 2 heterocycles. The lowest BCUT2D eigenvalue weighted by Gasteiger charge is -2.26. The zero-order valence-corrected chi connectivity index (χ0v) is 21.1. The number of epoxide rings is 1. The molecule has 0 bridgehead atoms. The minimum atomic E-state index is -1.10. The zero-order chi connectivity index (χ0) is 26.2. The Bertz CT molecular complexity index is 896. The van der Waals surface area contributed by atoms with Crippen molar-refractivity contribution in [3.63, 3.8) is 0 Å². The fraction of sp³-hybridized carbons (Fsp3) is 0.696. The number of methoxy groups -OCH3 is 2. The number of rotatable bonds is 15. The molecule has 35 heavy (non-hydrogen) atoms. The first-order chi connectivity index (χ1) is 16.5. The van der Waals surface area contributed by atoms with Crippen LogP contribution in [-0.2, 0) is 39.8 Å². The smallest absolute Gasteiger partial charge is 0.245 e. The third-order valence-electron chi connectivity index (χ3n) is 5.40. The van der Waals surface area contributed by atoms with E-state index in [0.29, 0.717) is 24.5 Å². The van der Waals surface area contributed by atoms with Crippen LogP contribution in [0.25, 0.3) is 0 Å². The van der Waals surface area contributed by atoms with E-state index in [2.05, 4.69) is 21.1 Å². The number of hydrogen-bond donors (Lipinski definition) is 3. The molecule has 0 saturated carbocycles. The van der Waals surface area contributed by atoms with Gasteiger partial charge in [-0.1, -0.05) is 19.0 Å². The van der Waals surface area contributed by atoms with Gasteiger partial charge in [0, 0.05) is 20.3 Å². The summed E-state index contributed by atoms with van der Waals surface area (Å²) in [5.41, 5.74) is -0.271. The highest BCUT2D eigenvalue weighted by molar-refractivity contribution is 5.98. The molecule has 1 aliphatic rings. The molecule has 3 amide bonds. The van der Waals surface area contributed by atoms with Gasteiger partial charge in [0.2, 0.25) is 17.7 Å². The van der Waals surface area contributed by atoms with E-state index < -0.39 is 41.4 Å². The van der Waals surface area contributed by atoms with Crippen molar-refractivity contribution in [2.75, 3.05) is 34.0 Å². The van der Waals surface area contributed by atoms with Crippen LogP contribution in [-0.4, -0.2) is 86.4 Å². The Morgan fingerprint density at radius 2 is 1.57 bits per heavy atom. The second kappa shape index (κ2) is 12.8. The third kappa shape index (κ3) is 8.71. The number of Topliss-reactive ketones (excluding diaryl/α,β-unsaturated/α-hetero) is 1. The van der Waals surface area contributed by atoms with Crippen molar-refractivity contribution in [1.82, 2.24) is 21.1 Å². The molecule has 4 atom stereocenters. The second-order valence-electron chi connectivity index (χ2n) is 9.28. The number of hydrogen-bond acceptors (Lipinski definition) is 9. The maximum atomic E-state index is 13.0. The SMILES string of the molecule is COC[C@H](NC(=O)Cc1cc(C)no1)C(=O)N[C@@H](COC)C(=O)N[C@@H](CC(C)C)C(=O)[C@@]1(C)CO1. The van der Waals surface area contributed by atoms with Gasteiger partial charge in [-0.3, -0.25) is 19.2 Å². The fourth-order valence-corrected chi connectivity index (χ4v) is 3.47. The molecule has 2 rings (SSSR count). The van der Waals surface area contributed by atoms with Gasteiger partial charge in [0.25, 0.3) is 0 Å². The summed E-state index contributed by atoms with van der Waals surface area (Å²) < 4.78 is 20.5. The maximum absolute atomic E-state index is 13.0. The molecule has 12 heteroatoms. The van der Waals surface area contributed by atoms with Gasteiger partial charge in [-0.25, -0.2) is 0 Å². The fourth-order valence-electron chi connectivity index (χ4n) is 3.47. The van der Waals surface area contributed by atoms with Gasteiger partial charge in [0.15, 0.2) is 5.78 Å². The van der Waals surface area contributed by atoms with E-state index in [1.165, 1.54) is 14.2 Å². The van der Waals surface area contributed by atoms with Crippen LogP contribution >= 0.6 is 0 Å². The third-order valence-corrected chi connectivity index (χ3v) is 5.40. The summed E-state index contributed by atoms with van der Waals surface area (Å²) in [5, 5.41) is 11.6. The van der Waals surface area contributed by atoms with Crippen molar-refractivity contribution in [2.24, 2.45) is 5.92 Å². The average Bonchev–Trinajstić information content (AvgIpc) is 3.41. The van der Waals surface area contributed by atoms with Crippen molar-refractivity contribution in [3.05, 3.63) is 17.5 Å². The second-order valence-corrected chi connectivity index (χ2v) is 9.28. The van der Waals surface area contributed by atoms with Gasteiger partial charge in [-0.05, 0) is 26.2 Å². The van der Waals surface area contributed by atoms with E-state index in [1.807, 2.05) is 13.8 Å². The summed E-state index contributed by atoms with van der Waals surface area (Å²) >= 11 is 0. The Labute approximate surface area is 204 Å². The summed E-state index contributed by atoms with van der Waals surface area (Å²) in [6.07, 6.45) is 0.302. The van der Waals surface area contributed by atoms with Gasteiger partial charge in [0.1, 0.15) is 23.4 Å². The summed E-state index contributed by atoms with van der Waals surface area (Å²) in [6, 6.07) is -1.33. The minimum absolute atomic E-state index is 0.115. The van der Waals surface area contributed by atoms with Crippen molar-refractivity contribution < 1.29 is 37.9 Å². The first kappa shape index (κ1) is 28.4. The Kier molecular flexibility index (Phi) is 10.3. The minimum Gasteiger partial charge on any atom is -0.382 e. The molecule has 1 aliphatic heterocycles. The zero-order valence-electron chi connectivity index (χ0n) is 21.1. The Balaban J connectivity index is 2.04. The lowest BCUT2D eigenvalue weighted by molar-refractivity contribution is -0.135. The first-order valence-corrected chi connectivity index (χ1v) is 11.5. The van der Waals surface area contributed by atoms with E-state index in [-0.39, 0.29) is 31.3 Å². The van der Waals surface area contributed by atoms with Gasteiger partial charge >= 0.3 is 0 Å². The van der Waals surface area contributed by atoms with Crippen molar-refractivity contribution in [1.29, 1.82) is 0 Å². The van der Waals surface area contributed by atoms with Crippen LogP contribution in [0.4, 0.5) is 0 Å². The highest BCUT2D eigenvalue weighted by Gasteiger charge is 2.50. The maximum Gasteiger partial charge on any atom is 0.245 e. The number of ether oxygens (including phenoxy) is 3. The number of aryl methyl sites for hydroxylation is 1. The van der Waals surface area contributed by atoms with E-state index in [9.17, 15) is 19.2 Å².